The van der Waals surface area contributed by atoms with Crippen LogP contribution in [-0.2, 0) is 28.6 Å². The third-order valence-corrected chi connectivity index (χ3v) is 12.8. The Labute approximate surface area is 421 Å². The summed E-state index contributed by atoms with van der Waals surface area (Å²) < 4.78 is 16.9. The predicted molar refractivity (Wildman–Crippen MR) is 293 cm³/mol. The zero-order valence-corrected chi connectivity index (χ0v) is 45.1. The molecular formula is C62H110O6. The van der Waals surface area contributed by atoms with E-state index in [9.17, 15) is 14.4 Å². The molecule has 0 aliphatic carbocycles. The Balaban J connectivity index is 4.39. The number of allylic oxidation sites excluding steroid dienone is 10. The van der Waals surface area contributed by atoms with Gasteiger partial charge in [0.15, 0.2) is 6.10 Å². The molecule has 0 rings (SSSR count). The summed E-state index contributed by atoms with van der Waals surface area (Å²) in [6, 6.07) is 0. The Hall–Kier alpha value is -2.89. The second-order valence-corrected chi connectivity index (χ2v) is 19.5. The fourth-order valence-electron chi connectivity index (χ4n) is 8.37. The Bertz CT molecular complexity index is 1230. The molecule has 394 valence electrons. The Kier molecular flexibility index (Phi) is 54.3. The van der Waals surface area contributed by atoms with Crippen LogP contribution in [-0.4, -0.2) is 37.2 Å². The minimum Gasteiger partial charge on any atom is -0.462 e. The second-order valence-electron chi connectivity index (χ2n) is 19.5. The lowest BCUT2D eigenvalue weighted by atomic mass is 10.0. The summed E-state index contributed by atoms with van der Waals surface area (Å²) in [5, 5.41) is 0. The van der Waals surface area contributed by atoms with Crippen LogP contribution >= 0.6 is 0 Å². The maximum absolute atomic E-state index is 12.9. The molecule has 6 heteroatoms. The molecule has 6 nitrogen and oxygen atoms in total. The molecule has 0 radical (unpaired) electrons. The van der Waals surface area contributed by atoms with E-state index >= 15 is 0 Å². The maximum Gasteiger partial charge on any atom is 0.306 e. The third-order valence-electron chi connectivity index (χ3n) is 12.8. The average Bonchev–Trinajstić information content (AvgIpc) is 3.34. The summed E-state index contributed by atoms with van der Waals surface area (Å²) in [7, 11) is 0. The lowest BCUT2D eigenvalue weighted by molar-refractivity contribution is -0.167. The summed E-state index contributed by atoms with van der Waals surface area (Å²) in [5.41, 5.74) is 0. The van der Waals surface area contributed by atoms with E-state index in [-0.39, 0.29) is 31.1 Å². The molecular weight excluding hydrogens is 841 g/mol. The van der Waals surface area contributed by atoms with E-state index in [1.807, 2.05) is 0 Å². The van der Waals surface area contributed by atoms with Gasteiger partial charge in [0.1, 0.15) is 13.2 Å². The van der Waals surface area contributed by atoms with Crippen molar-refractivity contribution >= 4 is 17.9 Å². The molecule has 1 unspecified atom stereocenters. The van der Waals surface area contributed by atoms with E-state index in [0.29, 0.717) is 19.3 Å². The molecule has 0 aliphatic rings. The largest absolute Gasteiger partial charge is 0.462 e. The van der Waals surface area contributed by atoms with Crippen LogP contribution in [0.5, 0.6) is 0 Å². The van der Waals surface area contributed by atoms with Gasteiger partial charge in [-0.1, -0.05) is 255 Å². The molecule has 0 saturated carbocycles. The van der Waals surface area contributed by atoms with Crippen molar-refractivity contribution in [3.63, 3.8) is 0 Å². The number of hydrogen-bond donors (Lipinski definition) is 0. The van der Waals surface area contributed by atoms with Gasteiger partial charge in [0.2, 0.25) is 0 Å². The van der Waals surface area contributed by atoms with Gasteiger partial charge in [-0.05, 0) is 83.5 Å². The highest BCUT2D eigenvalue weighted by Crippen LogP contribution is 2.16. The lowest BCUT2D eigenvalue weighted by Crippen LogP contribution is -2.30. The Morgan fingerprint density at radius 3 is 0.912 bits per heavy atom. The van der Waals surface area contributed by atoms with Gasteiger partial charge in [-0.15, -0.1) is 0 Å². The number of rotatable bonds is 53. The van der Waals surface area contributed by atoms with Crippen molar-refractivity contribution in [3.05, 3.63) is 60.8 Å². The molecule has 0 heterocycles. The van der Waals surface area contributed by atoms with Crippen molar-refractivity contribution in [1.82, 2.24) is 0 Å². The number of carbonyl (C=O) groups is 3. The number of esters is 3. The highest BCUT2D eigenvalue weighted by atomic mass is 16.6. The zero-order valence-electron chi connectivity index (χ0n) is 45.1. The Morgan fingerprint density at radius 2 is 0.574 bits per heavy atom. The molecule has 0 aromatic rings. The summed E-state index contributed by atoms with van der Waals surface area (Å²) in [5.74, 6) is -0.895. The van der Waals surface area contributed by atoms with Gasteiger partial charge in [-0.25, -0.2) is 0 Å². The quantitative estimate of drug-likeness (QED) is 0.0262. The van der Waals surface area contributed by atoms with E-state index in [1.165, 1.54) is 161 Å². The molecule has 0 N–H and O–H groups in total. The van der Waals surface area contributed by atoms with E-state index < -0.39 is 6.10 Å². The first kappa shape index (κ1) is 65.1. The first-order chi connectivity index (χ1) is 33.5. The number of ether oxygens (including phenoxy) is 3. The SMILES string of the molecule is CC/C=C\C/C=C\C/C=C\C/C=C\CCCCCCC(=O)OC(COC(=O)CCCCCCCCCCC/C=C\CCCCCCCC)COC(=O)CCCCCCCCCCCCCCCC. The molecule has 0 saturated heterocycles. The van der Waals surface area contributed by atoms with Crippen molar-refractivity contribution in [2.75, 3.05) is 13.2 Å². The van der Waals surface area contributed by atoms with Gasteiger partial charge < -0.3 is 14.2 Å². The summed E-state index contributed by atoms with van der Waals surface area (Å²) in [4.78, 5) is 38.2. The van der Waals surface area contributed by atoms with Gasteiger partial charge in [0, 0.05) is 19.3 Å². The molecule has 0 fully saturated rings. The van der Waals surface area contributed by atoms with Crippen molar-refractivity contribution in [1.29, 1.82) is 0 Å². The van der Waals surface area contributed by atoms with E-state index in [1.54, 1.807) is 0 Å². The summed E-state index contributed by atoms with van der Waals surface area (Å²) in [6.45, 7) is 6.53. The monoisotopic (exact) mass is 951 g/mol. The standard InChI is InChI=1S/C62H110O6/c1-4-7-10-13-16-19-22-25-28-30-31-33-34-37-40-43-46-49-52-55-61(64)67-58-59(57-66-60(63)54-51-48-45-42-39-36-27-24-21-18-15-12-9-6-3)68-62(65)56-53-50-47-44-41-38-35-32-29-26-23-20-17-14-11-8-5-2/h8,11,17,20,25-26,28-29,35,38,59H,4-7,9-10,12-16,18-19,21-24,27,30-34,36-37,39-58H2,1-3H3/b11-8-,20-17-,28-25-,29-26-,38-35-. The van der Waals surface area contributed by atoms with Crippen LogP contribution in [0.15, 0.2) is 60.8 Å². The summed E-state index contributed by atoms with van der Waals surface area (Å²) >= 11 is 0. The van der Waals surface area contributed by atoms with Crippen molar-refractivity contribution < 1.29 is 28.6 Å². The minimum absolute atomic E-state index is 0.0821. The molecule has 0 spiro atoms. The zero-order chi connectivity index (χ0) is 49.3. The maximum atomic E-state index is 12.9. The van der Waals surface area contributed by atoms with Crippen molar-refractivity contribution in [2.45, 2.75) is 303 Å². The van der Waals surface area contributed by atoms with Crippen LogP contribution in [0.2, 0.25) is 0 Å². The normalized spacial score (nSPS) is 12.5. The molecule has 0 aromatic carbocycles. The molecule has 68 heavy (non-hydrogen) atoms. The molecule has 0 amide bonds. The second kappa shape index (κ2) is 56.7. The first-order valence-corrected chi connectivity index (χ1v) is 29.3. The van der Waals surface area contributed by atoms with Crippen LogP contribution in [0.25, 0.3) is 0 Å². The fraction of sp³-hybridized carbons (Fsp3) is 0.790. The molecule has 0 aliphatic heterocycles. The van der Waals surface area contributed by atoms with E-state index in [4.69, 9.17) is 14.2 Å². The lowest BCUT2D eigenvalue weighted by Gasteiger charge is -2.18. The molecule has 0 aromatic heterocycles. The highest BCUT2D eigenvalue weighted by molar-refractivity contribution is 5.71. The molecule has 0 bridgehead atoms. The van der Waals surface area contributed by atoms with E-state index in [0.717, 1.165) is 96.3 Å². The summed E-state index contributed by atoms with van der Waals surface area (Å²) in [6.07, 6.45) is 70.7. The highest BCUT2D eigenvalue weighted by Gasteiger charge is 2.19. The van der Waals surface area contributed by atoms with Gasteiger partial charge >= 0.3 is 17.9 Å². The average molecular weight is 952 g/mol. The van der Waals surface area contributed by atoms with Crippen LogP contribution < -0.4 is 0 Å². The van der Waals surface area contributed by atoms with Crippen LogP contribution in [0.3, 0.4) is 0 Å². The van der Waals surface area contributed by atoms with Gasteiger partial charge in [-0.2, -0.15) is 0 Å². The van der Waals surface area contributed by atoms with Crippen molar-refractivity contribution in [2.24, 2.45) is 0 Å². The van der Waals surface area contributed by atoms with Gasteiger partial charge in [0.05, 0.1) is 0 Å². The van der Waals surface area contributed by atoms with Gasteiger partial charge in [-0.3, -0.25) is 14.4 Å². The minimum atomic E-state index is -0.786. The van der Waals surface area contributed by atoms with Gasteiger partial charge in [0.25, 0.3) is 0 Å². The van der Waals surface area contributed by atoms with Crippen LogP contribution in [0.1, 0.15) is 297 Å². The number of carbonyl (C=O) groups excluding carboxylic acids is 3. The number of unbranched alkanes of at least 4 members (excludes halogenated alkanes) is 32. The first-order valence-electron chi connectivity index (χ1n) is 29.3. The van der Waals surface area contributed by atoms with Crippen LogP contribution in [0, 0.1) is 0 Å². The smallest absolute Gasteiger partial charge is 0.306 e. The number of hydrogen-bond acceptors (Lipinski definition) is 6. The van der Waals surface area contributed by atoms with E-state index in [2.05, 4.69) is 81.5 Å². The Morgan fingerprint density at radius 1 is 0.309 bits per heavy atom. The third kappa shape index (κ3) is 54.1. The fourth-order valence-corrected chi connectivity index (χ4v) is 8.37. The molecule has 1 atom stereocenters. The van der Waals surface area contributed by atoms with Crippen molar-refractivity contribution in [3.8, 4) is 0 Å². The predicted octanol–water partition coefficient (Wildman–Crippen LogP) is 19.6. The topological polar surface area (TPSA) is 78.9 Å². The van der Waals surface area contributed by atoms with Crippen LogP contribution in [0.4, 0.5) is 0 Å².